The van der Waals surface area contributed by atoms with Crippen LogP contribution in [0.1, 0.15) is 20.8 Å². The SMILES string of the molecule is CC(C)(C)OC(=O)N1CSCC1=O. The van der Waals surface area contributed by atoms with Gasteiger partial charge in [0.2, 0.25) is 5.91 Å². The molecule has 1 aliphatic heterocycles. The zero-order valence-corrected chi connectivity index (χ0v) is 8.81. The van der Waals surface area contributed by atoms with Gasteiger partial charge in [0, 0.05) is 0 Å². The van der Waals surface area contributed by atoms with Crippen molar-refractivity contribution in [1.29, 1.82) is 0 Å². The smallest absolute Gasteiger partial charge is 0.417 e. The monoisotopic (exact) mass is 203 g/mol. The zero-order chi connectivity index (χ0) is 10.1. The lowest BCUT2D eigenvalue weighted by Crippen LogP contribution is -2.37. The Hall–Kier alpha value is -0.710. The number of hydrogen-bond acceptors (Lipinski definition) is 4. The van der Waals surface area contributed by atoms with Gasteiger partial charge in [-0.05, 0) is 20.8 Å². The van der Waals surface area contributed by atoms with Crippen LogP contribution >= 0.6 is 11.8 Å². The molecule has 0 aromatic rings. The van der Waals surface area contributed by atoms with E-state index in [0.717, 1.165) is 4.90 Å². The molecule has 0 spiro atoms. The standard InChI is InChI=1S/C8H13NO3S/c1-8(2,3)12-7(11)9-5-13-4-6(9)10/h4-5H2,1-3H3. The fraction of sp³-hybridized carbons (Fsp3) is 0.750. The summed E-state index contributed by atoms with van der Waals surface area (Å²) in [5, 5.41) is 0. The molecule has 1 rings (SSSR count). The van der Waals surface area contributed by atoms with E-state index in [-0.39, 0.29) is 5.91 Å². The molecular formula is C8H13NO3S. The van der Waals surface area contributed by atoms with Crippen molar-refractivity contribution in [2.45, 2.75) is 26.4 Å². The van der Waals surface area contributed by atoms with E-state index in [2.05, 4.69) is 0 Å². The molecule has 0 unspecified atom stereocenters. The summed E-state index contributed by atoms with van der Waals surface area (Å²) in [6.07, 6.45) is -0.539. The van der Waals surface area contributed by atoms with E-state index >= 15 is 0 Å². The quantitative estimate of drug-likeness (QED) is 0.598. The van der Waals surface area contributed by atoms with Gasteiger partial charge in [-0.1, -0.05) is 0 Å². The Morgan fingerprint density at radius 2 is 2.15 bits per heavy atom. The molecule has 0 saturated carbocycles. The second-order valence-electron chi connectivity index (χ2n) is 3.78. The number of thioether (sulfide) groups is 1. The van der Waals surface area contributed by atoms with Crippen molar-refractivity contribution in [3.8, 4) is 0 Å². The summed E-state index contributed by atoms with van der Waals surface area (Å²) in [6, 6.07) is 0. The Kier molecular flexibility index (Phi) is 2.85. The highest BCUT2D eigenvalue weighted by Crippen LogP contribution is 2.18. The first kappa shape index (κ1) is 10.4. The van der Waals surface area contributed by atoms with E-state index in [1.165, 1.54) is 11.8 Å². The molecule has 1 saturated heterocycles. The molecule has 0 atom stereocenters. The lowest BCUT2D eigenvalue weighted by atomic mass is 10.2. The van der Waals surface area contributed by atoms with E-state index in [9.17, 15) is 9.59 Å². The molecule has 0 N–H and O–H groups in total. The molecule has 0 aliphatic carbocycles. The Morgan fingerprint density at radius 3 is 2.54 bits per heavy atom. The molecule has 13 heavy (non-hydrogen) atoms. The number of hydrogen-bond donors (Lipinski definition) is 0. The van der Waals surface area contributed by atoms with Crippen molar-refractivity contribution in [2.24, 2.45) is 0 Å². The van der Waals surface area contributed by atoms with Gasteiger partial charge in [-0.15, -0.1) is 11.8 Å². The maximum absolute atomic E-state index is 11.3. The van der Waals surface area contributed by atoms with Crippen LogP contribution < -0.4 is 0 Å². The molecule has 0 aromatic heterocycles. The van der Waals surface area contributed by atoms with E-state index in [4.69, 9.17) is 4.74 Å². The van der Waals surface area contributed by atoms with Crippen molar-refractivity contribution in [3.05, 3.63) is 0 Å². The highest BCUT2D eigenvalue weighted by molar-refractivity contribution is 8.00. The average molecular weight is 203 g/mol. The molecular weight excluding hydrogens is 190 g/mol. The van der Waals surface area contributed by atoms with Crippen LogP contribution in [0.5, 0.6) is 0 Å². The highest BCUT2D eigenvalue weighted by atomic mass is 32.2. The second kappa shape index (κ2) is 3.57. The Labute approximate surface area is 81.6 Å². The average Bonchev–Trinajstić information content (AvgIpc) is 2.30. The van der Waals surface area contributed by atoms with Gasteiger partial charge in [0.1, 0.15) is 5.60 Å². The topological polar surface area (TPSA) is 46.6 Å². The fourth-order valence-electron chi connectivity index (χ4n) is 0.846. The molecule has 1 aliphatic rings. The van der Waals surface area contributed by atoms with Crippen molar-refractivity contribution in [2.75, 3.05) is 11.6 Å². The first-order valence-electron chi connectivity index (χ1n) is 4.01. The minimum absolute atomic E-state index is 0.167. The minimum Gasteiger partial charge on any atom is -0.443 e. The summed E-state index contributed by atoms with van der Waals surface area (Å²) in [6.45, 7) is 5.33. The number of rotatable bonds is 0. The molecule has 1 heterocycles. The van der Waals surface area contributed by atoms with Crippen LogP contribution in [-0.2, 0) is 9.53 Å². The molecule has 0 aromatic carbocycles. The van der Waals surface area contributed by atoms with Crippen LogP contribution in [0, 0.1) is 0 Å². The lowest BCUT2D eigenvalue weighted by Gasteiger charge is -2.22. The number of amides is 2. The maximum atomic E-state index is 11.3. The van der Waals surface area contributed by atoms with Crippen LogP contribution in [0.3, 0.4) is 0 Å². The summed E-state index contributed by atoms with van der Waals surface area (Å²) >= 11 is 1.42. The maximum Gasteiger partial charge on any atom is 0.417 e. The molecule has 0 bridgehead atoms. The summed E-state index contributed by atoms with van der Waals surface area (Å²) < 4.78 is 5.04. The van der Waals surface area contributed by atoms with Crippen LogP contribution in [0.2, 0.25) is 0 Å². The van der Waals surface area contributed by atoms with Gasteiger partial charge in [0.05, 0.1) is 11.6 Å². The van der Waals surface area contributed by atoms with Crippen LogP contribution in [0.15, 0.2) is 0 Å². The minimum atomic E-state index is -0.539. The summed E-state index contributed by atoms with van der Waals surface area (Å²) in [4.78, 5) is 23.6. The van der Waals surface area contributed by atoms with Crippen molar-refractivity contribution >= 4 is 23.8 Å². The molecule has 2 amide bonds. The first-order chi connectivity index (χ1) is 5.90. The normalized spacial score (nSPS) is 17.8. The van der Waals surface area contributed by atoms with Gasteiger partial charge < -0.3 is 4.74 Å². The lowest BCUT2D eigenvalue weighted by molar-refractivity contribution is -0.125. The zero-order valence-electron chi connectivity index (χ0n) is 7.99. The van der Waals surface area contributed by atoms with Crippen LogP contribution in [0.25, 0.3) is 0 Å². The van der Waals surface area contributed by atoms with Crippen molar-refractivity contribution in [3.63, 3.8) is 0 Å². The third-order valence-electron chi connectivity index (χ3n) is 1.36. The predicted molar refractivity (Wildman–Crippen MR) is 50.4 cm³/mol. The molecule has 1 fully saturated rings. The van der Waals surface area contributed by atoms with Gasteiger partial charge >= 0.3 is 6.09 Å². The predicted octanol–water partition coefficient (Wildman–Crippen LogP) is 1.45. The third-order valence-corrected chi connectivity index (χ3v) is 2.25. The van der Waals surface area contributed by atoms with Crippen LogP contribution in [0.4, 0.5) is 4.79 Å². The van der Waals surface area contributed by atoms with Gasteiger partial charge in [0.15, 0.2) is 0 Å². The van der Waals surface area contributed by atoms with Gasteiger partial charge in [0.25, 0.3) is 0 Å². The number of carbonyl (C=O) groups excluding carboxylic acids is 2. The largest absolute Gasteiger partial charge is 0.443 e. The van der Waals surface area contributed by atoms with Crippen molar-refractivity contribution < 1.29 is 14.3 Å². The summed E-state index contributed by atoms with van der Waals surface area (Å²) in [7, 11) is 0. The third kappa shape index (κ3) is 2.91. The second-order valence-corrected chi connectivity index (χ2v) is 4.73. The number of imide groups is 1. The Morgan fingerprint density at radius 1 is 1.54 bits per heavy atom. The number of nitrogens with zero attached hydrogens (tertiary/aromatic N) is 1. The molecule has 0 radical (unpaired) electrons. The van der Waals surface area contributed by atoms with E-state index in [0.29, 0.717) is 11.6 Å². The fourth-order valence-corrected chi connectivity index (χ4v) is 1.70. The number of carbonyl (C=O) groups is 2. The molecule has 4 nitrogen and oxygen atoms in total. The number of ether oxygens (including phenoxy) is 1. The van der Waals surface area contributed by atoms with Gasteiger partial charge in [-0.3, -0.25) is 4.79 Å². The van der Waals surface area contributed by atoms with Gasteiger partial charge in [-0.2, -0.15) is 0 Å². The van der Waals surface area contributed by atoms with Crippen molar-refractivity contribution in [1.82, 2.24) is 4.90 Å². The van der Waals surface area contributed by atoms with Gasteiger partial charge in [-0.25, -0.2) is 9.69 Å². The van der Waals surface area contributed by atoms with E-state index in [1.54, 1.807) is 20.8 Å². The van der Waals surface area contributed by atoms with Crippen LogP contribution in [-0.4, -0.2) is 34.1 Å². The first-order valence-corrected chi connectivity index (χ1v) is 5.17. The van der Waals surface area contributed by atoms with E-state index < -0.39 is 11.7 Å². The van der Waals surface area contributed by atoms with E-state index in [1.807, 2.05) is 0 Å². The Bertz CT molecular complexity index is 234. The highest BCUT2D eigenvalue weighted by Gasteiger charge is 2.30. The molecule has 74 valence electrons. The summed E-state index contributed by atoms with van der Waals surface area (Å²) in [5.74, 6) is 0.617. The molecule has 5 heteroatoms. The summed E-state index contributed by atoms with van der Waals surface area (Å²) in [5.41, 5.74) is -0.537. The Balaban J connectivity index is 2.53.